The van der Waals surface area contributed by atoms with E-state index in [9.17, 15) is 35.9 Å². The van der Waals surface area contributed by atoms with Crippen molar-refractivity contribution >= 4 is 17.8 Å². The lowest BCUT2D eigenvalue weighted by atomic mass is 10.1. The second kappa shape index (κ2) is 11.5. The number of nitrogens with one attached hydrogen (secondary N) is 2. The summed E-state index contributed by atoms with van der Waals surface area (Å²) in [4.78, 5) is 29.7. The maximum atomic E-state index is 13.5. The smallest absolute Gasteiger partial charge is 0.416 e. The highest BCUT2D eigenvalue weighted by Crippen LogP contribution is 2.34. The van der Waals surface area contributed by atoms with Gasteiger partial charge in [-0.25, -0.2) is 19.1 Å². The van der Waals surface area contributed by atoms with E-state index in [1.165, 1.54) is 23.9 Å². The standard InChI is InChI=1S/C24H32F6N6O5/c1-21(2,3)41-20(38)33-15(11-40-22(4,5)24(28,29)30)14-9-36-18(32-14)7-13(8-31-36)16(12-39-6)35-10-17(23(25,26)27)34-19(35)37/h7-9,15-17H,10-12H2,1-6H3,(H,33,38)(H,34,37)/t15-,16+,17-/m0/s1/i10D2. The van der Waals surface area contributed by atoms with Crippen LogP contribution < -0.4 is 10.6 Å². The number of hydrogen-bond donors (Lipinski definition) is 2. The molecule has 1 fully saturated rings. The zero-order valence-corrected chi connectivity index (χ0v) is 23.0. The largest absolute Gasteiger partial charge is 0.444 e. The van der Waals surface area contributed by atoms with Gasteiger partial charge in [0.25, 0.3) is 0 Å². The minimum atomic E-state index is -5.09. The SMILES string of the molecule is [2H]C1([2H])[C@@H](C(F)(F)F)NC(=O)N1[C@H](COC)c1cnn2cc([C@H](COC(C)(C)C(F)(F)F)NC(=O)OC(C)(C)C)nc2c1. The molecule has 3 atom stereocenters. The molecule has 2 aromatic rings. The Labute approximate surface area is 234 Å². The topological polar surface area (TPSA) is 119 Å². The molecule has 11 nitrogen and oxygen atoms in total. The van der Waals surface area contributed by atoms with Gasteiger partial charge in [0.2, 0.25) is 0 Å². The van der Waals surface area contributed by atoms with Crippen LogP contribution in [0.25, 0.3) is 5.65 Å². The van der Waals surface area contributed by atoms with Gasteiger partial charge >= 0.3 is 24.5 Å². The third-order valence-corrected chi connectivity index (χ3v) is 5.80. The molecular formula is C24H32F6N6O5. The summed E-state index contributed by atoms with van der Waals surface area (Å²) in [5.41, 5.74) is -3.50. The van der Waals surface area contributed by atoms with Gasteiger partial charge in [0.05, 0.1) is 52.6 Å². The molecule has 0 aliphatic carbocycles. The van der Waals surface area contributed by atoms with E-state index in [0.717, 1.165) is 20.0 Å². The first-order valence-corrected chi connectivity index (χ1v) is 12.2. The Balaban J connectivity index is 1.99. The van der Waals surface area contributed by atoms with Gasteiger partial charge in [0, 0.05) is 12.7 Å². The fourth-order valence-corrected chi connectivity index (χ4v) is 3.57. The molecular weight excluding hydrogens is 566 g/mol. The van der Waals surface area contributed by atoms with Gasteiger partial charge in [-0.2, -0.15) is 31.4 Å². The number of carbonyl (C=O) groups is 2. The van der Waals surface area contributed by atoms with Crippen LogP contribution in [-0.2, 0) is 14.2 Å². The van der Waals surface area contributed by atoms with Gasteiger partial charge in [0.15, 0.2) is 11.2 Å². The fourth-order valence-electron chi connectivity index (χ4n) is 3.57. The summed E-state index contributed by atoms with van der Waals surface area (Å²) >= 11 is 0. The number of nitrogens with zero attached hydrogens (tertiary/aromatic N) is 4. The second-order valence-corrected chi connectivity index (χ2v) is 10.7. The predicted molar refractivity (Wildman–Crippen MR) is 131 cm³/mol. The summed E-state index contributed by atoms with van der Waals surface area (Å²) in [6.45, 7) is 2.03. The molecule has 1 aliphatic rings. The molecule has 3 heterocycles. The minimum Gasteiger partial charge on any atom is -0.444 e. The monoisotopic (exact) mass is 600 g/mol. The second-order valence-electron chi connectivity index (χ2n) is 10.7. The summed E-state index contributed by atoms with van der Waals surface area (Å²) in [7, 11) is 1.20. The van der Waals surface area contributed by atoms with Crippen LogP contribution >= 0.6 is 0 Å². The van der Waals surface area contributed by atoms with Crippen molar-refractivity contribution in [2.45, 2.75) is 76.3 Å². The van der Waals surface area contributed by atoms with E-state index in [0.29, 0.717) is 4.90 Å². The average Bonchev–Trinajstić information content (AvgIpc) is 3.35. The third kappa shape index (κ3) is 7.90. The molecule has 230 valence electrons. The number of urea groups is 1. The third-order valence-electron chi connectivity index (χ3n) is 5.80. The summed E-state index contributed by atoms with van der Waals surface area (Å²) < 4.78 is 113. The molecule has 0 bridgehead atoms. The zero-order chi connectivity index (χ0) is 32.8. The van der Waals surface area contributed by atoms with Crippen LogP contribution in [0.2, 0.25) is 0 Å². The molecule has 3 amide bonds. The van der Waals surface area contributed by atoms with Crippen LogP contribution in [0.15, 0.2) is 18.5 Å². The van der Waals surface area contributed by atoms with Gasteiger partial charge in [-0.1, -0.05) is 0 Å². The zero-order valence-electron chi connectivity index (χ0n) is 25.0. The highest BCUT2D eigenvalue weighted by molar-refractivity contribution is 5.77. The van der Waals surface area contributed by atoms with Crippen molar-refractivity contribution in [3.8, 4) is 0 Å². The molecule has 2 aromatic heterocycles. The van der Waals surface area contributed by atoms with Crippen molar-refractivity contribution < 1.29 is 52.9 Å². The van der Waals surface area contributed by atoms with Crippen LogP contribution in [0.5, 0.6) is 0 Å². The summed E-state index contributed by atoms with van der Waals surface area (Å²) in [5.74, 6) is 0. The molecule has 0 spiro atoms. The number of imidazole rings is 1. The van der Waals surface area contributed by atoms with Gasteiger partial charge in [-0.3, -0.25) is 0 Å². The van der Waals surface area contributed by atoms with Crippen LogP contribution in [0, 0.1) is 0 Å². The minimum absolute atomic E-state index is 0.00668. The lowest BCUT2D eigenvalue weighted by Gasteiger charge is -2.30. The van der Waals surface area contributed by atoms with Crippen molar-refractivity contribution in [2.75, 3.05) is 26.8 Å². The Hall–Kier alpha value is -3.34. The number of alkyl halides is 6. The van der Waals surface area contributed by atoms with Crippen LogP contribution in [0.1, 0.15) is 60.7 Å². The van der Waals surface area contributed by atoms with Crippen molar-refractivity contribution in [1.82, 2.24) is 30.1 Å². The highest BCUT2D eigenvalue weighted by atomic mass is 19.4. The number of ether oxygens (including phenoxy) is 3. The van der Waals surface area contributed by atoms with Crippen molar-refractivity contribution in [3.63, 3.8) is 0 Å². The Kier molecular flexibility index (Phi) is 8.18. The number of halogens is 6. The Morgan fingerprint density at radius 2 is 1.85 bits per heavy atom. The van der Waals surface area contributed by atoms with Gasteiger partial charge in [0.1, 0.15) is 11.6 Å². The lowest BCUT2D eigenvalue weighted by Crippen LogP contribution is -2.44. The molecule has 1 aliphatic heterocycles. The van der Waals surface area contributed by atoms with Crippen LogP contribution in [0.4, 0.5) is 35.9 Å². The Morgan fingerprint density at radius 3 is 2.39 bits per heavy atom. The number of rotatable bonds is 9. The van der Waals surface area contributed by atoms with Crippen LogP contribution in [0.3, 0.4) is 0 Å². The maximum absolute atomic E-state index is 13.5. The lowest BCUT2D eigenvalue weighted by molar-refractivity contribution is -0.265. The predicted octanol–water partition coefficient (Wildman–Crippen LogP) is 4.30. The van der Waals surface area contributed by atoms with E-state index in [4.69, 9.17) is 17.0 Å². The first-order valence-electron chi connectivity index (χ1n) is 13.2. The number of hydrogen-bond acceptors (Lipinski definition) is 7. The Morgan fingerprint density at radius 1 is 1.20 bits per heavy atom. The number of fused-ring (bicyclic) bond motifs is 1. The van der Waals surface area contributed by atoms with E-state index >= 15 is 0 Å². The van der Waals surface area contributed by atoms with E-state index < -0.39 is 73.5 Å². The van der Waals surface area contributed by atoms with Crippen molar-refractivity contribution in [3.05, 3.63) is 29.7 Å². The number of amides is 3. The van der Waals surface area contributed by atoms with Crippen molar-refractivity contribution in [1.29, 1.82) is 0 Å². The highest BCUT2D eigenvalue weighted by Gasteiger charge is 2.50. The summed E-state index contributed by atoms with van der Waals surface area (Å²) in [6.07, 6.45) is -8.39. The molecule has 0 radical (unpaired) electrons. The van der Waals surface area contributed by atoms with E-state index in [1.54, 1.807) is 26.1 Å². The molecule has 1 saturated heterocycles. The molecule has 41 heavy (non-hydrogen) atoms. The van der Waals surface area contributed by atoms with E-state index in [-0.39, 0.29) is 16.9 Å². The number of methoxy groups -OCH3 is 1. The van der Waals surface area contributed by atoms with Gasteiger partial charge in [-0.15, -0.1) is 0 Å². The van der Waals surface area contributed by atoms with Crippen LogP contribution in [-0.4, -0.2) is 88.0 Å². The molecule has 0 aromatic carbocycles. The van der Waals surface area contributed by atoms with E-state index in [1.807, 2.05) is 0 Å². The summed E-state index contributed by atoms with van der Waals surface area (Å²) in [6, 6.07) is -5.53. The molecule has 3 rings (SSSR count). The summed E-state index contributed by atoms with van der Waals surface area (Å²) in [5, 5.41) is 8.15. The normalized spacial score (nSPS) is 20.3. The quantitative estimate of drug-likeness (QED) is 0.412. The molecule has 0 unspecified atom stereocenters. The number of aromatic nitrogens is 3. The first-order chi connectivity index (χ1) is 19.5. The maximum Gasteiger partial charge on any atom is 0.416 e. The van der Waals surface area contributed by atoms with Gasteiger partial charge in [-0.05, 0) is 40.7 Å². The molecule has 2 N–H and O–H groups in total. The molecule has 0 saturated carbocycles. The Bertz CT molecular complexity index is 1330. The average molecular weight is 601 g/mol. The molecule has 17 heteroatoms. The van der Waals surface area contributed by atoms with E-state index in [2.05, 4.69) is 15.4 Å². The van der Waals surface area contributed by atoms with Gasteiger partial charge < -0.3 is 29.7 Å². The number of carbonyl (C=O) groups excluding carboxylic acids is 2. The number of alkyl carbamates (subject to hydrolysis) is 1. The first kappa shape index (κ1) is 29.2. The van der Waals surface area contributed by atoms with Crippen molar-refractivity contribution in [2.24, 2.45) is 0 Å². The fraction of sp³-hybridized carbons (Fsp3) is 0.667.